The average Bonchev–Trinajstić information content (AvgIpc) is 3.21. The number of likely N-dealkylation sites (N-methyl/N-ethyl adjacent to an activating group) is 2. The fraction of sp³-hybridized carbons (Fsp3) is 0.375. The number of rotatable bonds is 8. The first kappa shape index (κ1) is 24.9. The van der Waals surface area contributed by atoms with Crippen LogP contribution in [-0.2, 0) is 4.79 Å². The molecule has 2 atom stereocenters. The number of nitrogens with zero attached hydrogens (tertiary/aromatic N) is 4. The molecule has 1 fully saturated rings. The summed E-state index contributed by atoms with van der Waals surface area (Å²) in [4.78, 5) is 24.8. The van der Waals surface area contributed by atoms with Gasteiger partial charge in [0.25, 0.3) is 0 Å². The maximum atomic E-state index is 14.5. The Morgan fingerprint density at radius 2 is 2.14 bits per heavy atom. The number of nitrogens with one attached hydrogen (secondary N) is 1. The van der Waals surface area contributed by atoms with Crippen LogP contribution in [0.1, 0.15) is 6.42 Å². The first-order valence-electron chi connectivity index (χ1n) is 11.1. The van der Waals surface area contributed by atoms with Crippen LogP contribution in [-0.4, -0.2) is 83.8 Å². The number of ether oxygens (including phenoxy) is 2. The van der Waals surface area contributed by atoms with Crippen LogP contribution in [0.4, 0.5) is 15.9 Å². The molecule has 0 spiro atoms. The third-order valence-corrected chi connectivity index (χ3v) is 6.32. The molecule has 1 saturated heterocycles. The second-order valence-electron chi connectivity index (χ2n) is 8.38. The molecule has 0 aliphatic carbocycles. The molecule has 3 aromatic rings. The molecule has 0 radical (unpaired) electrons. The van der Waals surface area contributed by atoms with Gasteiger partial charge < -0.3 is 24.8 Å². The predicted octanol–water partition coefficient (Wildman–Crippen LogP) is 3.08. The summed E-state index contributed by atoms with van der Waals surface area (Å²) in [5.41, 5.74) is 0.762. The highest BCUT2D eigenvalue weighted by molar-refractivity contribution is 6.31. The van der Waals surface area contributed by atoms with Crippen LogP contribution >= 0.6 is 11.6 Å². The molecule has 0 unspecified atom stereocenters. The number of anilines is 2. The molecule has 2 heterocycles. The van der Waals surface area contributed by atoms with Crippen molar-refractivity contribution in [3.63, 3.8) is 0 Å². The van der Waals surface area contributed by atoms with Gasteiger partial charge in [-0.25, -0.2) is 14.4 Å². The highest BCUT2D eigenvalue weighted by Crippen LogP contribution is 2.37. The van der Waals surface area contributed by atoms with Crippen molar-refractivity contribution in [2.24, 2.45) is 0 Å². The van der Waals surface area contributed by atoms with E-state index in [1.54, 1.807) is 31.3 Å². The number of halogens is 2. The van der Waals surface area contributed by atoms with Crippen LogP contribution < -0.4 is 14.8 Å². The maximum absolute atomic E-state index is 14.5. The van der Waals surface area contributed by atoms with E-state index in [2.05, 4.69) is 15.3 Å². The molecular weight excluding hydrogens is 477 g/mol. The van der Waals surface area contributed by atoms with Crippen LogP contribution in [0.25, 0.3) is 10.9 Å². The highest BCUT2D eigenvalue weighted by Gasteiger charge is 2.37. The van der Waals surface area contributed by atoms with E-state index in [0.29, 0.717) is 41.2 Å². The number of amides is 1. The molecule has 2 aromatic carbocycles. The van der Waals surface area contributed by atoms with Gasteiger partial charge in [-0.1, -0.05) is 17.7 Å². The summed E-state index contributed by atoms with van der Waals surface area (Å²) >= 11 is 5.91. The molecule has 0 bridgehead atoms. The van der Waals surface area contributed by atoms with Crippen molar-refractivity contribution in [2.45, 2.75) is 18.6 Å². The lowest BCUT2D eigenvalue weighted by molar-refractivity contribution is -0.134. The minimum atomic E-state index is -0.582. The van der Waals surface area contributed by atoms with Gasteiger partial charge in [0, 0.05) is 38.0 Å². The first-order chi connectivity index (χ1) is 16.8. The molecule has 11 heteroatoms. The lowest BCUT2D eigenvalue weighted by atomic mass is 10.1. The lowest BCUT2D eigenvalue weighted by Crippen LogP contribution is -2.43. The summed E-state index contributed by atoms with van der Waals surface area (Å²) in [5.74, 6) is 0.666. The number of carbonyl (C=O) groups excluding carboxylic acids is 1. The van der Waals surface area contributed by atoms with E-state index in [1.165, 1.54) is 24.4 Å². The number of aliphatic hydroxyl groups is 1. The molecule has 1 aromatic heterocycles. The normalized spacial score (nSPS) is 18.0. The van der Waals surface area contributed by atoms with Gasteiger partial charge in [0.2, 0.25) is 5.91 Å². The van der Waals surface area contributed by atoms with E-state index in [1.807, 2.05) is 11.9 Å². The lowest BCUT2D eigenvalue weighted by Gasteiger charge is -2.24. The van der Waals surface area contributed by atoms with Gasteiger partial charge in [0.1, 0.15) is 18.2 Å². The van der Waals surface area contributed by atoms with Crippen molar-refractivity contribution in [1.29, 1.82) is 0 Å². The van der Waals surface area contributed by atoms with Crippen molar-refractivity contribution >= 4 is 39.9 Å². The van der Waals surface area contributed by atoms with E-state index in [9.17, 15) is 9.18 Å². The molecule has 2 N–H and O–H groups in total. The van der Waals surface area contributed by atoms with Crippen molar-refractivity contribution in [1.82, 2.24) is 19.8 Å². The van der Waals surface area contributed by atoms with Gasteiger partial charge in [-0.05, 0) is 25.2 Å². The third-order valence-electron chi connectivity index (χ3n) is 6.03. The molecular formula is C24H27ClFN5O4. The first-order valence-corrected chi connectivity index (χ1v) is 11.5. The van der Waals surface area contributed by atoms with Gasteiger partial charge in [0.15, 0.2) is 17.3 Å². The topological polar surface area (TPSA) is 100 Å². The second kappa shape index (κ2) is 10.6. The van der Waals surface area contributed by atoms with E-state index < -0.39 is 5.82 Å². The summed E-state index contributed by atoms with van der Waals surface area (Å²) in [6.07, 6.45) is 1.59. The van der Waals surface area contributed by atoms with Crippen LogP contribution in [0, 0.1) is 5.82 Å². The molecule has 9 nitrogen and oxygen atoms in total. The van der Waals surface area contributed by atoms with Crippen molar-refractivity contribution in [2.75, 3.05) is 46.2 Å². The standard InChI is InChI=1S/C24H27ClFN5O4/c1-30(7-8-32)24(33)19-9-14(12-31(19)2)35-21-10-15-18(11-20(21)34-3)27-13-28-23(15)29-17-6-4-5-16(25)22(17)26/h4-6,10-11,13-14,19,32H,7-9,12H2,1-3H3,(H,27,28,29)/t14-,19+/m1/s1. The highest BCUT2D eigenvalue weighted by atomic mass is 35.5. The zero-order valence-electron chi connectivity index (χ0n) is 19.7. The van der Waals surface area contributed by atoms with E-state index in [4.69, 9.17) is 26.2 Å². The Kier molecular flexibility index (Phi) is 7.54. The Balaban J connectivity index is 1.61. The van der Waals surface area contributed by atoms with Gasteiger partial charge in [-0.15, -0.1) is 0 Å². The summed E-state index contributed by atoms with van der Waals surface area (Å²) in [6, 6.07) is 7.79. The smallest absolute Gasteiger partial charge is 0.239 e. The summed E-state index contributed by atoms with van der Waals surface area (Å²) < 4.78 is 26.3. The van der Waals surface area contributed by atoms with Crippen LogP contribution in [0.3, 0.4) is 0 Å². The van der Waals surface area contributed by atoms with Gasteiger partial charge in [0.05, 0.1) is 36.0 Å². The van der Waals surface area contributed by atoms with Crippen molar-refractivity contribution < 1.29 is 23.8 Å². The third kappa shape index (κ3) is 5.24. The number of likely N-dealkylation sites (tertiary alicyclic amines) is 1. The van der Waals surface area contributed by atoms with E-state index in [-0.39, 0.29) is 41.9 Å². The summed E-state index contributed by atoms with van der Waals surface area (Å²) in [6.45, 7) is 0.718. The number of aromatic nitrogens is 2. The van der Waals surface area contributed by atoms with Crippen LogP contribution in [0.2, 0.25) is 5.02 Å². The molecule has 1 aliphatic heterocycles. The maximum Gasteiger partial charge on any atom is 0.239 e. The van der Waals surface area contributed by atoms with Crippen LogP contribution in [0.5, 0.6) is 11.5 Å². The number of aliphatic hydroxyl groups excluding tert-OH is 1. The number of carbonyl (C=O) groups is 1. The Morgan fingerprint density at radius 1 is 1.34 bits per heavy atom. The zero-order valence-corrected chi connectivity index (χ0v) is 20.4. The van der Waals surface area contributed by atoms with Gasteiger partial charge in [-0.2, -0.15) is 0 Å². The number of benzene rings is 2. The Morgan fingerprint density at radius 3 is 2.89 bits per heavy atom. The monoisotopic (exact) mass is 503 g/mol. The van der Waals surface area contributed by atoms with Crippen molar-refractivity contribution in [3.8, 4) is 11.5 Å². The quantitative estimate of drug-likeness (QED) is 0.484. The fourth-order valence-corrected chi connectivity index (χ4v) is 4.34. The number of hydrogen-bond donors (Lipinski definition) is 2. The fourth-order valence-electron chi connectivity index (χ4n) is 4.16. The van der Waals surface area contributed by atoms with E-state index in [0.717, 1.165) is 0 Å². The molecule has 0 saturated carbocycles. The minimum absolute atomic E-state index is 0.00172. The van der Waals surface area contributed by atoms with Crippen molar-refractivity contribution in [3.05, 3.63) is 47.5 Å². The zero-order chi connectivity index (χ0) is 25.1. The SMILES string of the molecule is COc1cc2ncnc(Nc3cccc(Cl)c3F)c2cc1O[C@@H]1C[C@@H](C(=O)N(C)CCO)N(C)C1. The number of hydrogen-bond acceptors (Lipinski definition) is 8. The largest absolute Gasteiger partial charge is 0.493 e. The summed E-state index contributed by atoms with van der Waals surface area (Å²) in [5, 5.41) is 12.7. The second-order valence-corrected chi connectivity index (χ2v) is 8.79. The molecule has 186 valence electrons. The number of methoxy groups -OCH3 is 1. The molecule has 35 heavy (non-hydrogen) atoms. The molecule has 4 rings (SSSR count). The van der Waals surface area contributed by atoms with Gasteiger partial charge >= 0.3 is 0 Å². The average molecular weight is 504 g/mol. The van der Waals surface area contributed by atoms with Crippen LogP contribution in [0.15, 0.2) is 36.7 Å². The van der Waals surface area contributed by atoms with Gasteiger partial charge in [-0.3, -0.25) is 9.69 Å². The summed E-state index contributed by atoms with van der Waals surface area (Å²) in [7, 11) is 5.07. The van der Waals surface area contributed by atoms with E-state index >= 15 is 0 Å². The Hall–Kier alpha value is -3.21. The predicted molar refractivity (Wildman–Crippen MR) is 131 cm³/mol. The minimum Gasteiger partial charge on any atom is -0.493 e. The Labute approximate surface area is 207 Å². The molecule has 1 amide bonds. The number of fused-ring (bicyclic) bond motifs is 1. The molecule has 1 aliphatic rings. The Bertz CT molecular complexity index is 1230.